The van der Waals surface area contributed by atoms with Crippen LogP contribution in [0, 0.1) is 0 Å². The molecule has 0 aliphatic rings. The van der Waals surface area contributed by atoms with Crippen LogP contribution < -0.4 is 10.5 Å². The molecule has 1 aromatic heterocycles. The lowest BCUT2D eigenvalue weighted by Crippen LogP contribution is -2.02. The standard InChI is InChI=1S/C15H20N2O2S/c1-18-10-8-14-17-15(13(20-14)7-9-16)11-5-3-4-6-12(11)19-2/h3-6H,7-10,16H2,1-2H3. The van der Waals surface area contributed by atoms with E-state index in [-0.39, 0.29) is 0 Å². The lowest BCUT2D eigenvalue weighted by Gasteiger charge is -2.07. The van der Waals surface area contributed by atoms with Gasteiger partial charge in [0.25, 0.3) is 0 Å². The summed E-state index contributed by atoms with van der Waals surface area (Å²) in [5, 5.41) is 1.08. The van der Waals surface area contributed by atoms with E-state index >= 15 is 0 Å². The Morgan fingerprint density at radius 1 is 1.20 bits per heavy atom. The maximum absolute atomic E-state index is 5.71. The lowest BCUT2D eigenvalue weighted by atomic mass is 10.1. The molecule has 0 aliphatic heterocycles. The van der Waals surface area contributed by atoms with Crippen LogP contribution >= 0.6 is 11.3 Å². The van der Waals surface area contributed by atoms with Gasteiger partial charge in [-0.1, -0.05) is 12.1 Å². The normalized spacial score (nSPS) is 10.8. The Hall–Kier alpha value is -1.43. The highest BCUT2D eigenvalue weighted by Crippen LogP contribution is 2.34. The molecular formula is C15H20N2O2S. The van der Waals surface area contributed by atoms with Crippen LogP contribution in [0.1, 0.15) is 9.88 Å². The minimum Gasteiger partial charge on any atom is -0.496 e. The van der Waals surface area contributed by atoms with Gasteiger partial charge in [-0.2, -0.15) is 0 Å². The summed E-state index contributed by atoms with van der Waals surface area (Å²) in [7, 11) is 3.38. The SMILES string of the molecule is COCCc1nc(-c2ccccc2OC)c(CCN)s1. The summed E-state index contributed by atoms with van der Waals surface area (Å²) in [5.74, 6) is 0.842. The van der Waals surface area contributed by atoms with Crippen molar-refractivity contribution in [1.82, 2.24) is 4.98 Å². The third-order valence-corrected chi connectivity index (χ3v) is 4.17. The van der Waals surface area contributed by atoms with Crippen LogP contribution in [0.5, 0.6) is 5.75 Å². The smallest absolute Gasteiger partial charge is 0.128 e. The van der Waals surface area contributed by atoms with Crippen molar-refractivity contribution >= 4 is 11.3 Å². The first-order valence-corrected chi connectivity index (χ1v) is 7.42. The monoisotopic (exact) mass is 292 g/mol. The molecular weight excluding hydrogens is 272 g/mol. The first-order valence-electron chi connectivity index (χ1n) is 6.61. The predicted octanol–water partition coefficient (Wildman–Crippen LogP) is 2.51. The summed E-state index contributed by atoms with van der Waals surface area (Å²) in [6, 6.07) is 7.95. The van der Waals surface area contributed by atoms with Crippen molar-refractivity contribution in [3.63, 3.8) is 0 Å². The number of para-hydroxylation sites is 1. The summed E-state index contributed by atoms with van der Waals surface area (Å²) >= 11 is 1.71. The van der Waals surface area contributed by atoms with E-state index in [1.165, 1.54) is 4.88 Å². The summed E-state index contributed by atoms with van der Waals surface area (Å²) in [6.45, 7) is 1.30. The van der Waals surface area contributed by atoms with Crippen LogP contribution in [-0.2, 0) is 17.6 Å². The van der Waals surface area contributed by atoms with Crippen LogP contribution in [0.2, 0.25) is 0 Å². The zero-order valence-electron chi connectivity index (χ0n) is 11.9. The molecule has 1 heterocycles. The van der Waals surface area contributed by atoms with Crippen LogP contribution in [-0.4, -0.2) is 32.4 Å². The van der Waals surface area contributed by atoms with Crippen LogP contribution in [0.4, 0.5) is 0 Å². The van der Waals surface area contributed by atoms with Crippen LogP contribution in [0.25, 0.3) is 11.3 Å². The van der Waals surface area contributed by atoms with Crippen molar-refractivity contribution in [2.75, 3.05) is 27.4 Å². The fourth-order valence-electron chi connectivity index (χ4n) is 2.05. The van der Waals surface area contributed by atoms with E-state index in [2.05, 4.69) is 0 Å². The van der Waals surface area contributed by atoms with Crippen LogP contribution in [0.15, 0.2) is 24.3 Å². The van der Waals surface area contributed by atoms with Crippen molar-refractivity contribution in [2.24, 2.45) is 5.73 Å². The molecule has 0 amide bonds. The Morgan fingerprint density at radius 2 is 2.00 bits per heavy atom. The van der Waals surface area contributed by atoms with Gasteiger partial charge < -0.3 is 15.2 Å². The number of ether oxygens (including phenoxy) is 2. The van der Waals surface area contributed by atoms with Crippen molar-refractivity contribution < 1.29 is 9.47 Å². The zero-order valence-corrected chi connectivity index (χ0v) is 12.7. The summed E-state index contributed by atoms with van der Waals surface area (Å²) < 4.78 is 10.6. The van der Waals surface area contributed by atoms with Gasteiger partial charge >= 0.3 is 0 Å². The van der Waals surface area contributed by atoms with Gasteiger partial charge in [0.15, 0.2) is 0 Å². The Labute approximate surface area is 123 Å². The van der Waals surface area contributed by atoms with Gasteiger partial charge in [-0.05, 0) is 25.1 Å². The molecule has 0 atom stereocenters. The number of thiazole rings is 1. The summed E-state index contributed by atoms with van der Waals surface area (Å²) in [6.07, 6.45) is 1.66. The van der Waals surface area contributed by atoms with E-state index in [4.69, 9.17) is 20.2 Å². The molecule has 0 bridgehead atoms. The number of benzene rings is 1. The molecule has 0 fully saturated rings. The Kier molecular flexibility index (Phi) is 5.52. The Balaban J connectivity index is 2.40. The molecule has 2 aromatic rings. The second kappa shape index (κ2) is 7.38. The number of hydrogen-bond acceptors (Lipinski definition) is 5. The van der Waals surface area contributed by atoms with Gasteiger partial charge in [0.1, 0.15) is 5.75 Å². The number of methoxy groups -OCH3 is 2. The fourth-order valence-corrected chi connectivity index (χ4v) is 3.13. The molecule has 20 heavy (non-hydrogen) atoms. The minimum absolute atomic E-state index is 0.619. The molecule has 0 saturated carbocycles. The Morgan fingerprint density at radius 3 is 2.70 bits per heavy atom. The average molecular weight is 292 g/mol. The van der Waals surface area contributed by atoms with Gasteiger partial charge in [0.05, 0.1) is 24.4 Å². The first kappa shape index (κ1) is 15.0. The highest BCUT2D eigenvalue weighted by Gasteiger charge is 2.15. The van der Waals surface area contributed by atoms with E-state index in [9.17, 15) is 0 Å². The Bertz CT molecular complexity index is 555. The van der Waals surface area contributed by atoms with Gasteiger partial charge in [-0.3, -0.25) is 0 Å². The maximum Gasteiger partial charge on any atom is 0.128 e. The van der Waals surface area contributed by atoms with Gasteiger partial charge in [-0.25, -0.2) is 4.98 Å². The van der Waals surface area contributed by atoms with Crippen molar-refractivity contribution in [1.29, 1.82) is 0 Å². The molecule has 4 nitrogen and oxygen atoms in total. The molecule has 0 spiro atoms. The van der Waals surface area contributed by atoms with E-state index in [1.54, 1.807) is 25.6 Å². The largest absolute Gasteiger partial charge is 0.496 e. The fraction of sp³-hybridized carbons (Fsp3) is 0.400. The highest BCUT2D eigenvalue weighted by atomic mass is 32.1. The van der Waals surface area contributed by atoms with Gasteiger partial charge in [0, 0.05) is 24.0 Å². The van der Waals surface area contributed by atoms with Crippen molar-refractivity contribution in [3.05, 3.63) is 34.2 Å². The molecule has 0 aliphatic carbocycles. The molecule has 2 N–H and O–H groups in total. The van der Waals surface area contributed by atoms with E-state index in [0.29, 0.717) is 13.2 Å². The third kappa shape index (κ3) is 3.36. The van der Waals surface area contributed by atoms with E-state index in [0.717, 1.165) is 34.9 Å². The first-order chi connectivity index (χ1) is 9.80. The van der Waals surface area contributed by atoms with E-state index in [1.807, 2.05) is 24.3 Å². The van der Waals surface area contributed by atoms with Gasteiger partial charge in [0.2, 0.25) is 0 Å². The molecule has 5 heteroatoms. The molecule has 108 valence electrons. The average Bonchev–Trinajstić information content (AvgIpc) is 2.88. The van der Waals surface area contributed by atoms with Gasteiger partial charge in [-0.15, -0.1) is 11.3 Å². The molecule has 1 aromatic carbocycles. The quantitative estimate of drug-likeness (QED) is 0.852. The second-order valence-corrected chi connectivity index (χ2v) is 5.53. The molecule has 0 unspecified atom stereocenters. The number of hydrogen-bond donors (Lipinski definition) is 1. The predicted molar refractivity (Wildman–Crippen MR) is 82.4 cm³/mol. The van der Waals surface area contributed by atoms with Crippen LogP contribution in [0.3, 0.4) is 0 Å². The topological polar surface area (TPSA) is 57.4 Å². The number of nitrogens with zero attached hydrogens (tertiary/aromatic N) is 1. The third-order valence-electron chi connectivity index (χ3n) is 3.00. The zero-order chi connectivity index (χ0) is 14.4. The van der Waals surface area contributed by atoms with E-state index < -0.39 is 0 Å². The second-order valence-electron chi connectivity index (χ2n) is 4.36. The number of nitrogens with two attached hydrogens (primary N) is 1. The molecule has 0 radical (unpaired) electrons. The maximum atomic E-state index is 5.71. The minimum atomic E-state index is 0.619. The molecule has 2 rings (SSSR count). The van der Waals surface area contributed by atoms with Crippen molar-refractivity contribution in [3.8, 4) is 17.0 Å². The molecule has 0 saturated heterocycles. The summed E-state index contributed by atoms with van der Waals surface area (Å²) in [4.78, 5) is 5.96. The van der Waals surface area contributed by atoms with Crippen molar-refractivity contribution in [2.45, 2.75) is 12.8 Å². The lowest BCUT2D eigenvalue weighted by molar-refractivity contribution is 0.202. The highest BCUT2D eigenvalue weighted by molar-refractivity contribution is 7.12. The summed E-state index contributed by atoms with van der Waals surface area (Å²) in [5.41, 5.74) is 7.73. The number of rotatable bonds is 7. The number of aromatic nitrogens is 1.